The van der Waals surface area contributed by atoms with E-state index in [0.717, 1.165) is 26.1 Å². The van der Waals surface area contributed by atoms with Gasteiger partial charge in [-0.15, -0.1) is 0 Å². The SMILES string of the molecule is CCCCCCCCOCC(C)OCC(C)OCC(C)OP(=O)(O)OC(C)COC(C)COC(C)COCCCCCCCC. The van der Waals surface area contributed by atoms with Crippen molar-refractivity contribution in [2.24, 2.45) is 0 Å². The minimum Gasteiger partial charge on any atom is -0.379 e. The monoisotopic (exact) mass is 670 g/mol. The van der Waals surface area contributed by atoms with Gasteiger partial charge in [-0.2, -0.15) is 0 Å². The average molecular weight is 671 g/mol. The molecule has 6 atom stereocenters. The second-order valence-electron chi connectivity index (χ2n) is 12.6. The topological polar surface area (TPSA) is 111 Å². The molecule has 0 aromatic heterocycles. The summed E-state index contributed by atoms with van der Waals surface area (Å²) in [7, 11) is -4.30. The van der Waals surface area contributed by atoms with Crippen molar-refractivity contribution in [2.75, 3.05) is 52.9 Å². The molecule has 0 aliphatic carbocycles. The van der Waals surface area contributed by atoms with Crippen molar-refractivity contribution in [1.82, 2.24) is 0 Å². The van der Waals surface area contributed by atoms with Gasteiger partial charge in [0.25, 0.3) is 0 Å². The van der Waals surface area contributed by atoms with E-state index in [2.05, 4.69) is 13.8 Å². The van der Waals surface area contributed by atoms with E-state index in [4.69, 9.17) is 37.5 Å². The zero-order valence-electron chi connectivity index (χ0n) is 30.2. The summed E-state index contributed by atoms with van der Waals surface area (Å²) in [6, 6.07) is 0. The molecule has 0 aromatic rings. The molecule has 0 aromatic carbocycles. The molecule has 0 saturated heterocycles. The molecule has 1 N–H and O–H groups in total. The van der Waals surface area contributed by atoms with Crippen LogP contribution in [0.2, 0.25) is 0 Å². The van der Waals surface area contributed by atoms with Crippen molar-refractivity contribution in [2.45, 2.75) is 169 Å². The van der Waals surface area contributed by atoms with Crippen LogP contribution in [0.15, 0.2) is 0 Å². The summed E-state index contributed by atoms with van der Waals surface area (Å²) in [4.78, 5) is 10.2. The lowest BCUT2D eigenvalue weighted by Crippen LogP contribution is -2.27. The van der Waals surface area contributed by atoms with Gasteiger partial charge in [0, 0.05) is 13.2 Å². The molecular formula is C34H71O10P. The first kappa shape index (κ1) is 44.9. The molecule has 0 spiro atoms. The minimum atomic E-state index is -4.30. The van der Waals surface area contributed by atoms with E-state index in [-0.39, 0.29) is 37.6 Å². The quantitative estimate of drug-likeness (QED) is 0.0530. The Morgan fingerprint density at radius 3 is 1.09 bits per heavy atom. The molecular weight excluding hydrogens is 599 g/mol. The van der Waals surface area contributed by atoms with Crippen molar-refractivity contribution in [3.05, 3.63) is 0 Å². The van der Waals surface area contributed by atoms with E-state index in [1.54, 1.807) is 13.8 Å². The molecule has 0 heterocycles. The maximum absolute atomic E-state index is 12.5. The van der Waals surface area contributed by atoms with E-state index < -0.39 is 20.0 Å². The van der Waals surface area contributed by atoms with Crippen molar-refractivity contribution in [1.29, 1.82) is 0 Å². The second-order valence-corrected chi connectivity index (χ2v) is 13.9. The Bertz CT molecular complexity index is 633. The summed E-state index contributed by atoms with van der Waals surface area (Å²) < 4.78 is 57.6. The van der Waals surface area contributed by atoms with Crippen LogP contribution in [0.3, 0.4) is 0 Å². The first-order valence-corrected chi connectivity index (χ1v) is 19.3. The number of ether oxygens (including phenoxy) is 6. The van der Waals surface area contributed by atoms with Crippen LogP contribution in [0.1, 0.15) is 132 Å². The number of unbranched alkanes of at least 4 members (excludes halogenated alkanes) is 10. The van der Waals surface area contributed by atoms with Crippen molar-refractivity contribution in [3.63, 3.8) is 0 Å². The first-order chi connectivity index (χ1) is 21.5. The van der Waals surface area contributed by atoms with Crippen LogP contribution >= 0.6 is 7.82 Å². The molecule has 0 bridgehead atoms. The molecule has 0 radical (unpaired) electrons. The van der Waals surface area contributed by atoms with Gasteiger partial charge in [0.1, 0.15) is 0 Å². The van der Waals surface area contributed by atoms with Crippen LogP contribution in [0, 0.1) is 0 Å². The number of phosphoric acid groups is 1. The highest BCUT2D eigenvalue weighted by molar-refractivity contribution is 7.47. The van der Waals surface area contributed by atoms with E-state index >= 15 is 0 Å². The van der Waals surface area contributed by atoms with Crippen LogP contribution in [0.4, 0.5) is 0 Å². The van der Waals surface area contributed by atoms with Gasteiger partial charge in [0.15, 0.2) is 0 Å². The molecule has 6 unspecified atom stereocenters. The highest BCUT2D eigenvalue weighted by Crippen LogP contribution is 2.45. The van der Waals surface area contributed by atoms with Gasteiger partial charge < -0.3 is 33.3 Å². The predicted octanol–water partition coefficient (Wildman–Crippen LogP) is 8.27. The van der Waals surface area contributed by atoms with Crippen LogP contribution in [0.5, 0.6) is 0 Å². The van der Waals surface area contributed by atoms with Crippen LogP contribution in [-0.4, -0.2) is 94.4 Å². The van der Waals surface area contributed by atoms with Crippen molar-refractivity contribution < 1.29 is 46.9 Å². The smallest absolute Gasteiger partial charge is 0.379 e. The fraction of sp³-hybridized carbons (Fsp3) is 1.00. The Balaban J connectivity index is 3.95. The molecule has 0 rings (SSSR count). The zero-order chi connectivity index (χ0) is 33.8. The Labute approximate surface area is 276 Å². The summed E-state index contributed by atoms with van der Waals surface area (Å²) in [5, 5.41) is 0. The van der Waals surface area contributed by atoms with Crippen LogP contribution < -0.4 is 0 Å². The van der Waals surface area contributed by atoms with Gasteiger partial charge in [-0.1, -0.05) is 78.1 Å². The normalized spacial score (nSPS) is 17.4. The van der Waals surface area contributed by atoms with Gasteiger partial charge in [0.2, 0.25) is 0 Å². The van der Waals surface area contributed by atoms with Gasteiger partial charge in [-0.3, -0.25) is 9.05 Å². The van der Waals surface area contributed by atoms with Gasteiger partial charge in [-0.05, 0) is 54.4 Å². The van der Waals surface area contributed by atoms with E-state index in [1.807, 2.05) is 27.7 Å². The summed E-state index contributed by atoms with van der Waals surface area (Å²) in [6.45, 7) is 19.2. The summed E-state index contributed by atoms with van der Waals surface area (Å²) in [6.07, 6.45) is 13.1. The first-order valence-electron chi connectivity index (χ1n) is 17.8. The van der Waals surface area contributed by atoms with Crippen molar-refractivity contribution in [3.8, 4) is 0 Å². The second kappa shape index (κ2) is 30.0. The largest absolute Gasteiger partial charge is 0.472 e. The number of phosphoric ester groups is 1. The Hall–Kier alpha value is -0.130. The predicted molar refractivity (Wildman–Crippen MR) is 181 cm³/mol. The van der Waals surface area contributed by atoms with E-state index in [1.165, 1.54) is 64.2 Å². The Kier molecular flexibility index (Phi) is 29.9. The summed E-state index contributed by atoms with van der Waals surface area (Å²) in [5.74, 6) is 0. The van der Waals surface area contributed by atoms with Crippen molar-refractivity contribution >= 4 is 7.82 Å². The molecule has 0 saturated carbocycles. The third-order valence-electron chi connectivity index (χ3n) is 7.08. The summed E-state index contributed by atoms with van der Waals surface area (Å²) >= 11 is 0. The highest BCUT2D eigenvalue weighted by Gasteiger charge is 2.28. The maximum atomic E-state index is 12.5. The molecule has 0 aliphatic heterocycles. The van der Waals surface area contributed by atoms with E-state index in [0.29, 0.717) is 26.4 Å². The standard InChI is InChI=1S/C34H71O10P/c1-9-11-13-15-17-19-21-37-23-29(3)39-25-31(5)41-27-33(7)43-45(35,36)44-34(8)28-42-32(6)26-40-30(4)24-38-22-20-18-16-14-12-10-2/h29-34H,9-28H2,1-8H3,(H,35,36). The van der Waals surface area contributed by atoms with Gasteiger partial charge in [0.05, 0.1) is 76.3 Å². The van der Waals surface area contributed by atoms with Gasteiger partial charge >= 0.3 is 7.82 Å². The minimum absolute atomic E-state index is 0.0361. The molecule has 0 fully saturated rings. The molecule has 11 heteroatoms. The van der Waals surface area contributed by atoms with Gasteiger partial charge in [-0.25, -0.2) is 4.57 Å². The summed E-state index contributed by atoms with van der Waals surface area (Å²) in [5.41, 5.74) is 0. The zero-order valence-corrected chi connectivity index (χ0v) is 31.1. The average Bonchev–Trinajstić information content (AvgIpc) is 2.99. The fourth-order valence-corrected chi connectivity index (χ4v) is 5.48. The molecule has 10 nitrogen and oxygen atoms in total. The Morgan fingerprint density at radius 2 is 0.733 bits per heavy atom. The number of rotatable bonds is 34. The molecule has 0 aliphatic rings. The molecule has 0 amide bonds. The number of hydrogen-bond acceptors (Lipinski definition) is 9. The lowest BCUT2D eigenvalue weighted by Gasteiger charge is -2.23. The Morgan fingerprint density at radius 1 is 0.444 bits per heavy atom. The molecule has 272 valence electrons. The van der Waals surface area contributed by atoms with E-state index in [9.17, 15) is 9.46 Å². The third-order valence-corrected chi connectivity index (χ3v) is 8.33. The highest BCUT2D eigenvalue weighted by atomic mass is 31.2. The molecule has 45 heavy (non-hydrogen) atoms. The maximum Gasteiger partial charge on any atom is 0.472 e. The lowest BCUT2D eigenvalue weighted by atomic mass is 10.1. The van der Waals surface area contributed by atoms with Crippen LogP contribution in [-0.2, 0) is 42.0 Å². The number of hydrogen-bond donors (Lipinski definition) is 1. The fourth-order valence-electron chi connectivity index (χ4n) is 4.40. The third kappa shape index (κ3) is 30.9. The van der Waals surface area contributed by atoms with Crippen LogP contribution in [0.25, 0.3) is 0 Å². The lowest BCUT2D eigenvalue weighted by molar-refractivity contribution is -0.0765.